The average Bonchev–Trinajstić information content (AvgIpc) is 3.26. The number of hydrogen-bond acceptors (Lipinski definition) is 3. The van der Waals surface area contributed by atoms with Crippen molar-refractivity contribution in [3.05, 3.63) is 200 Å². The lowest BCUT2D eigenvalue weighted by atomic mass is 9.93. The number of benzene rings is 9. The molecule has 0 saturated carbocycles. The smallest absolute Gasteiger partial charge is 0.164 e. The van der Waals surface area contributed by atoms with Crippen LogP contribution in [0.25, 0.3) is 99.9 Å². The molecule has 0 aliphatic heterocycles. The van der Waals surface area contributed by atoms with E-state index in [1.54, 1.807) is 0 Å². The second-order valence-corrected chi connectivity index (χ2v) is 13.7. The molecular formula is C51H33N3. The third-order valence-electron chi connectivity index (χ3n) is 10.3. The zero-order valence-corrected chi connectivity index (χ0v) is 29.4. The monoisotopic (exact) mass is 687 g/mol. The van der Waals surface area contributed by atoms with Crippen molar-refractivity contribution in [1.29, 1.82) is 0 Å². The van der Waals surface area contributed by atoms with Gasteiger partial charge in [-0.25, -0.2) is 15.0 Å². The van der Waals surface area contributed by atoms with Crippen LogP contribution in [-0.2, 0) is 0 Å². The largest absolute Gasteiger partial charge is 0.208 e. The van der Waals surface area contributed by atoms with Crippen LogP contribution in [0.2, 0.25) is 0 Å². The molecule has 0 saturated heterocycles. The average molecular weight is 688 g/mol. The van der Waals surface area contributed by atoms with Crippen LogP contribution in [-0.4, -0.2) is 15.0 Å². The van der Waals surface area contributed by atoms with Crippen molar-refractivity contribution in [2.75, 3.05) is 0 Å². The molecule has 3 nitrogen and oxygen atoms in total. The van der Waals surface area contributed by atoms with E-state index in [0.717, 1.165) is 44.2 Å². The second kappa shape index (κ2) is 13.4. The van der Waals surface area contributed by atoms with Crippen molar-refractivity contribution in [2.45, 2.75) is 0 Å². The Morgan fingerprint density at radius 3 is 1.39 bits per heavy atom. The van der Waals surface area contributed by atoms with Crippen molar-refractivity contribution in [3.8, 4) is 67.5 Å². The minimum atomic E-state index is 0.632. The lowest BCUT2D eigenvalue weighted by Crippen LogP contribution is -2.01. The zero-order valence-electron chi connectivity index (χ0n) is 29.4. The summed E-state index contributed by atoms with van der Waals surface area (Å²) in [6, 6.07) is 70.7. The van der Waals surface area contributed by atoms with E-state index in [0.29, 0.717) is 17.5 Å². The van der Waals surface area contributed by atoms with Gasteiger partial charge in [-0.3, -0.25) is 0 Å². The van der Waals surface area contributed by atoms with Crippen LogP contribution in [0.4, 0.5) is 0 Å². The van der Waals surface area contributed by atoms with Crippen molar-refractivity contribution in [2.24, 2.45) is 0 Å². The molecule has 1 aromatic heterocycles. The van der Waals surface area contributed by atoms with E-state index in [2.05, 4.69) is 194 Å². The standard InChI is InChI=1S/C51H33N3/c1-2-11-34(12-3-1)41-17-10-18-44(33-41)50-52-49(38-25-21-37(22-26-38)42-27-23-35-13-4-6-15-39(35)31-42)53-51(54-50)48-30-29-45(46-19-8-9-20-47(46)48)43-28-24-36-14-5-7-16-40(36)32-43/h1-33H. The summed E-state index contributed by atoms with van der Waals surface area (Å²) in [4.78, 5) is 15.5. The maximum Gasteiger partial charge on any atom is 0.164 e. The first-order valence-corrected chi connectivity index (χ1v) is 18.3. The highest BCUT2D eigenvalue weighted by molar-refractivity contribution is 6.05. The Morgan fingerprint density at radius 1 is 0.222 bits per heavy atom. The van der Waals surface area contributed by atoms with Gasteiger partial charge < -0.3 is 0 Å². The summed E-state index contributed by atoms with van der Waals surface area (Å²) in [6.07, 6.45) is 0. The number of aromatic nitrogens is 3. The minimum Gasteiger partial charge on any atom is -0.208 e. The van der Waals surface area contributed by atoms with Gasteiger partial charge in [-0.05, 0) is 90.0 Å². The maximum atomic E-state index is 5.20. The first kappa shape index (κ1) is 31.5. The van der Waals surface area contributed by atoms with E-state index < -0.39 is 0 Å². The van der Waals surface area contributed by atoms with Crippen LogP contribution in [0, 0.1) is 0 Å². The Hall–Kier alpha value is -7.23. The molecule has 0 N–H and O–H groups in total. The Bertz CT molecular complexity index is 2990. The normalized spacial score (nSPS) is 11.3. The summed E-state index contributed by atoms with van der Waals surface area (Å²) < 4.78 is 0. The molecule has 54 heavy (non-hydrogen) atoms. The molecule has 10 aromatic rings. The lowest BCUT2D eigenvalue weighted by molar-refractivity contribution is 1.08. The highest BCUT2D eigenvalue weighted by Gasteiger charge is 2.17. The van der Waals surface area contributed by atoms with Crippen molar-refractivity contribution < 1.29 is 0 Å². The Kier molecular flexibility index (Phi) is 7.81. The number of hydrogen-bond donors (Lipinski definition) is 0. The molecular weight excluding hydrogens is 655 g/mol. The lowest BCUT2D eigenvalue weighted by Gasteiger charge is -2.14. The molecule has 252 valence electrons. The summed E-state index contributed by atoms with van der Waals surface area (Å²) in [5.74, 6) is 1.90. The van der Waals surface area contributed by atoms with Crippen molar-refractivity contribution in [1.82, 2.24) is 15.0 Å². The molecule has 9 aromatic carbocycles. The molecule has 10 rings (SSSR count). The van der Waals surface area contributed by atoms with Gasteiger partial charge in [0.05, 0.1) is 0 Å². The summed E-state index contributed by atoms with van der Waals surface area (Å²) in [5, 5.41) is 7.16. The molecule has 1 heterocycles. The van der Waals surface area contributed by atoms with Crippen LogP contribution in [0.3, 0.4) is 0 Å². The minimum absolute atomic E-state index is 0.632. The first-order chi connectivity index (χ1) is 26.7. The molecule has 0 atom stereocenters. The number of fused-ring (bicyclic) bond motifs is 3. The van der Waals surface area contributed by atoms with E-state index in [-0.39, 0.29) is 0 Å². The Balaban J connectivity index is 1.12. The van der Waals surface area contributed by atoms with E-state index in [1.807, 2.05) is 6.07 Å². The number of nitrogens with zero attached hydrogens (tertiary/aromatic N) is 3. The molecule has 0 unspecified atom stereocenters. The van der Waals surface area contributed by atoms with E-state index in [9.17, 15) is 0 Å². The quantitative estimate of drug-likeness (QED) is 0.175. The first-order valence-electron chi connectivity index (χ1n) is 18.3. The molecule has 0 amide bonds. The fourth-order valence-corrected chi connectivity index (χ4v) is 7.51. The fraction of sp³-hybridized carbons (Fsp3) is 0. The van der Waals surface area contributed by atoms with Gasteiger partial charge in [0.15, 0.2) is 17.5 Å². The van der Waals surface area contributed by atoms with Crippen LogP contribution in [0.5, 0.6) is 0 Å². The Labute approximate surface area is 313 Å². The zero-order chi connectivity index (χ0) is 35.8. The molecule has 3 heteroatoms. The van der Waals surface area contributed by atoms with Gasteiger partial charge in [-0.15, -0.1) is 0 Å². The van der Waals surface area contributed by atoms with Crippen LogP contribution in [0.1, 0.15) is 0 Å². The summed E-state index contributed by atoms with van der Waals surface area (Å²) >= 11 is 0. The van der Waals surface area contributed by atoms with Crippen molar-refractivity contribution >= 4 is 32.3 Å². The molecule has 0 spiro atoms. The fourth-order valence-electron chi connectivity index (χ4n) is 7.51. The predicted molar refractivity (Wildman–Crippen MR) is 225 cm³/mol. The van der Waals surface area contributed by atoms with Gasteiger partial charge in [0.25, 0.3) is 0 Å². The maximum absolute atomic E-state index is 5.20. The van der Waals surface area contributed by atoms with E-state index >= 15 is 0 Å². The third-order valence-corrected chi connectivity index (χ3v) is 10.3. The third kappa shape index (κ3) is 5.88. The van der Waals surface area contributed by atoms with Crippen LogP contribution < -0.4 is 0 Å². The predicted octanol–water partition coefficient (Wildman–Crippen LogP) is 13.3. The highest BCUT2D eigenvalue weighted by atomic mass is 15.0. The SMILES string of the molecule is c1ccc(-c2cccc(-c3nc(-c4ccc(-c5ccc6ccccc6c5)cc4)nc(-c4ccc(-c5ccc6ccccc6c5)c5ccccc45)n3)c2)cc1. The summed E-state index contributed by atoms with van der Waals surface area (Å²) in [6.45, 7) is 0. The topological polar surface area (TPSA) is 38.7 Å². The molecule has 0 bridgehead atoms. The Morgan fingerprint density at radius 2 is 0.667 bits per heavy atom. The van der Waals surface area contributed by atoms with Gasteiger partial charge in [0.1, 0.15) is 0 Å². The second-order valence-electron chi connectivity index (χ2n) is 13.7. The molecule has 0 fully saturated rings. The van der Waals surface area contributed by atoms with Crippen molar-refractivity contribution in [3.63, 3.8) is 0 Å². The van der Waals surface area contributed by atoms with Gasteiger partial charge in [0, 0.05) is 16.7 Å². The van der Waals surface area contributed by atoms with Gasteiger partial charge in [-0.1, -0.05) is 176 Å². The van der Waals surface area contributed by atoms with E-state index in [1.165, 1.54) is 38.2 Å². The molecule has 0 aliphatic carbocycles. The van der Waals surface area contributed by atoms with Gasteiger partial charge in [-0.2, -0.15) is 0 Å². The van der Waals surface area contributed by atoms with Crippen LogP contribution in [0.15, 0.2) is 200 Å². The summed E-state index contributed by atoms with van der Waals surface area (Å²) in [5.41, 5.74) is 9.76. The number of rotatable bonds is 6. The molecule has 0 aliphatic rings. The highest BCUT2D eigenvalue weighted by Crippen LogP contribution is 2.37. The van der Waals surface area contributed by atoms with Gasteiger partial charge >= 0.3 is 0 Å². The van der Waals surface area contributed by atoms with Crippen LogP contribution >= 0.6 is 0 Å². The molecule has 0 radical (unpaired) electrons. The summed E-state index contributed by atoms with van der Waals surface area (Å²) in [7, 11) is 0. The van der Waals surface area contributed by atoms with Gasteiger partial charge in [0.2, 0.25) is 0 Å². The van der Waals surface area contributed by atoms with E-state index in [4.69, 9.17) is 15.0 Å².